The van der Waals surface area contributed by atoms with Gasteiger partial charge in [0.25, 0.3) is 0 Å². The first kappa shape index (κ1) is 15.2. The lowest BCUT2D eigenvalue weighted by Crippen LogP contribution is -2.59. The van der Waals surface area contributed by atoms with E-state index in [1.807, 2.05) is 0 Å². The fraction of sp³-hybridized carbons (Fsp3) is 0.750. The van der Waals surface area contributed by atoms with E-state index in [4.69, 9.17) is 19.3 Å². The van der Waals surface area contributed by atoms with Gasteiger partial charge in [-0.2, -0.15) is 0 Å². The van der Waals surface area contributed by atoms with Crippen molar-refractivity contribution in [3.05, 3.63) is 11.3 Å². The van der Waals surface area contributed by atoms with Gasteiger partial charge < -0.3 is 34.6 Å². The van der Waals surface area contributed by atoms with E-state index in [9.17, 15) is 20.1 Å². The van der Waals surface area contributed by atoms with Crippen LogP contribution in [0, 0.1) is 0 Å². The summed E-state index contributed by atoms with van der Waals surface area (Å²) in [5.41, 5.74) is 0.534. The lowest BCUT2D eigenvalue weighted by Gasteiger charge is -2.39. The first-order chi connectivity index (χ1) is 9.36. The highest BCUT2D eigenvalue weighted by atomic mass is 16.7. The molecule has 0 saturated carbocycles. The Morgan fingerprint density at radius 2 is 1.85 bits per heavy atom. The highest BCUT2D eigenvalue weighted by Crippen LogP contribution is 2.28. The molecule has 0 radical (unpaired) electrons. The van der Waals surface area contributed by atoms with Gasteiger partial charge in [0.15, 0.2) is 0 Å². The molecule has 2 rings (SSSR count). The summed E-state index contributed by atoms with van der Waals surface area (Å²) < 4.78 is 15.3. The van der Waals surface area contributed by atoms with E-state index in [-0.39, 0.29) is 5.76 Å². The van der Waals surface area contributed by atoms with Crippen LogP contribution >= 0.6 is 0 Å². The highest BCUT2D eigenvalue weighted by molar-refractivity contribution is 5.89. The molecule has 6 unspecified atom stereocenters. The summed E-state index contributed by atoms with van der Waals surface area (Å²) in [7, 11) is 0. The monoisotopic (exact) mass is 290 g/mol. The van der Waals surface area contributed by atoms with Gasteiger partial charge >= 0.3 is 5.97 Å². The fourth-order valence-electron chi connectivity index (χ4n) is 2.07. The van der Waals surface area contributed by atoms with Crippen molar-refractivity contribution >= 4 is 5.97 Å². The Balaban J connectivity index is 2.14. The SMILES string of the molecule is CC1=C(OC2OC(CO)C(O)C(O)C2O)C(=O)OC1C. The maximum absolute atomic E-state index is 11.6. The van der Waals surface area contributed by atoms with Crippen LogP contribution < -0.4 is 0 Å². The van der Waals surface area contributed by atoms with Crippen molar-refractivity contribution in [1.82, 2.24) is 0 Å². The molecular formula is C12H18O8. The number of aliphatic hydroxyl groups excluding tert-OH is 4. The molecule has 8 heteroatoms. The molecule has 0 aromatic heterocycles. The van der Waals surface area contributed by atoms with Crippen molar-refractivity contribution in [2.45, 2.75) is 50.7 Å². The summed E-state index contributed by atoms with van der Waals surface area (Å²) in [6.45, 7) is 2.73. The van der Waals surface area contributed by atoms with Gasteiger partial charge in [-0.25, -0.2) is 4.79 Å². The van der Waals surface area contributed by atoms with Gasteiger partial charge in [-0.1, -0.05) is 0 Å². The van der Waals surface area contributed by atoms with Crippen LogP contribution in [-0.2, 0) is 19.0 Å². The molecule has 0 spiro atoms. The molecule has 0 aliphatic carbocycles. The predicted molar refractivity (Wildman–Crippen MR) is 63.1 cm³/mol. The van der Waals surface area contributed by atoms with Gasteiger partial charge in [0, 0.05) is 5.57 Å². The maximum Gasteiger partial charge on any atom is 0.374 e. The summed E-state index contributed by atoms with van der Waals surface area (Å²) in [5.74, 6) is -0.784. The van der Waals surface area contributed by atoms with Crippen LogP contribution in [0.5, 0.6) is 0 Å². The Morgan fingerprint density at radius 3 is 2.35 bits per heavy atom. The number of ether oxygens (including phenoxy) is 3. The molecule has 0 aromatic rings. The Labute approximate surface area is 115 Å². The minimum Gasteiger partial charge on any atom is -0.454 e. The molecule has 1 saturated heterocycles. The molecule has 0 aromatic carbocycles. The first-order valence-corrected chi connectivity index (χ1v) is 6.25. The molecule has 2 aliphatic rings. The molecule has 2 aliphatic heterocycles. The average molecular weight is 290 g/mol. The summed E-state index contributed by atoms with van der Waals surface area (Å²) in [6, 6.07) is 0. The molecule has 20 heavy (non-hydrogen) atoms. The number of rotatable bonds is 3. The van der Waals surface area contributed by atoms with E-state index in [0.29, 0.717) is 5.57 Å². The Bertz CT molecular complexity index is 418. The molecule has 0 amide bonds. The van der Waals surface area contributed by atoms with Crippen LogP contribution in [0.1, 0.15) is 13.8 Å². The normalized spacial score (nSPS) is 41.8. The Hall–Kier alpha value is -1.19. The first-order valence-electron chi connectivity index (χ1n) is 6.25. The minimum atomic E-state index is -1.56. The van der Waals surface area contributed by atoms with Gasteiger partial charge in [0.05, 0.1) is 6.61 Å². The summed E-state index contributed by atoms with van der Waals surface area (Å²) in [6.07, 6.45) is -7.50. The second-order valence-electron chi connectivity index (χ2n) is 4.87. The predicted octanol–water partition coefficient (Wildman–Crippen LogP) is -1.98. The molecule has 0 bridgehead atoms. The number of hydrogen-bond donors (Lipinski definition) is 4. The zero-order valence-electron chi connectivity index (χ0n) is 11.1. The second kappa shape index (κ2) is 5.66. The van der Waals surface area contributed by atoms with Crippen molar-refractivity contribution in [2.75, 3.05) is 6.61 Å². The molecule has 1 fully saturated rings. The Morgan fingerprint density at radius 1 is 1.20 bits per heavy atom. The number of esters is 1. The topological polar surface area (TPSA) is 126 Å². The standard InChI is InChI=1S/C12H18O8/c1-4-5(2)18-11(17)10(4)20-12-9(16)8(15)7(14)6(3-13)19-12/h5-9,12-16H,3H2,1-2H3. The van der Waals surface area contributed by atoms with E-state index in [1.54, 1.807) is 13.8 Å². The minimum absolute atomic E-state index is 0.0955. The largest absolute Gasteiger partial charge is 0.454 e. The quantitative estimate of drug-likeness (QED) is 0.441. The molecular weight excluding hydrogens is 272 g/mol. The van der Waals surface area contributed by atoms with E-state index in [2.05, 4.69) is 0 Å². The number of cyclic esters (lactones) is 1. The van der Waals surface area contributed by atoms with Crippen LogP contribution in [0.4, 0.5) is 0 Å². The van der Waals surface area contributed by atoms with Crippen LogP contribution in [0.15, 0.2) is 11.3 Å². The van der Waals surface area contributed by atoms with E-state index >= 15 is 0 Å². The van der Waals surface area contributed by atoms with Crippen LogP contribution in [0.25, 0.3) is 0 Å². The second-order valence-corrected chi connectivity index (χ2v) is 4.87. The third kappa shape index (κ3) is 2.52. The van der Waals surface area contributed by atoms with Gasteiger partial charge in [0.1, 0.15) is 30.5 Å². The zero-order valence-corrected chi connectivity index (χ0v) is 11.1. The maximum atomic E-state index is 11.6. The number of hydrogen-bond acceptors (Lipinski definition) is 8. The van der Waals surface area contributed by atoms with Crippen molar-refractivity contribution in [3.63, 3.8) is 0 Å². The molecule has 6 atom stereocenters. The number of carbonyl (C=O) groups excluding carboxylic acids is 1. The van der Waals surface area contributed by atoms with Crippen molar-refractivity contribution in [3.8, 4) is 0 Å². The van der Waals surface area contributed by atoms with Crippen LogP contribution in [0.2, 0.25) is 0 Å². The molecule has 114 valence electrons. The van der Waals surface area contributed by atoms with E-state index < -0.39 is 49.4 Å². The molecule has 8 nitrogen and oxygen atoms in total. The van der Waals surface area contributed by atoms with Gasteiger partial charge in [0.2, 0.25) is 12.0 Å². The molecule has 2 heterocycles. The molecule has 4 N–H and O–H groups in total. The number of aliphatic hydroxyl groups is 4. The van der Waals surface area contributed by atoms with Crippen LogP contribution in [-0.4, -0.2) is 69.8 Å². The van der Waals surface area contributed by atoms with Gasteiger partial charge in [-0.05, 0) is 13.8 Å². The Kier molecular flexibility index (Phi) is 4.31. The zero-order chi connectivity index (χ0) is 15.0. The average Bonchev–Trinajstić information content (AvgIpc) is 2.65. The third-order valence-corrected chi connectivity index (χ3v) is 3.52. The fourth-order valence-corrected chi connectivity index (χ4v) is 2.07. The van der Waals surface area contributed by atoms with Crippen LogP contribution in [0.3, 0.4) is 0 Å². The third-order valence-electron chi connectivity index (χ3n) is 3.52. The van der Waals surface area contributed by atoms with Gasteiger partial charge in [-0.3, -0.25) is 0 Å². The lowest BCUT2D eigenvalue weighted by molar-refractivity contribution is -0.291. The van der Waals surface area contributed by atoms with E-state index in [1.165, 1.54) is 0 Å². The summed E-state index contributed by atoms with van der Waals surface area (Å²) >= 11 is 0. The smallest absolute Gasteiger partial charge is 0.374 e. The van der Waals surface area contributed by atoms with Crippen molar-refractivity contribution in [2.24, 2.45) is 0 Å². The van der Waals surface area contributed by atoms with Crippen molar-refractivity contribution < 1.29 is 39.4 Å². The number of carbonyl (C=O) groups is 1. The van der Waals surface area contributed by atoms with Crippen molar-refractivity contribution in [1.29, 1.82) is 0 Å². The summed E-state index contributed by atoms with van der Waals surface area (Å²) in [4.78, 5) is 11.6. The summed E-state index contributed by atoms with van der Waals surface area (Å²) in [5, 5.41) is 38.1. The lowest BCUT2D eigenvalue weighted by atomic mass is 9.99. The van der Waals surface area contributed by atoms with E-state index in [0.717, 1.165) is 0 Å². The highest BCUT2D eigenvalue weighted by Gasteiger charge is 2.46. The van der Waals surface area contributed by atoms with Gasteiger partial charge in [-0.15, -0.1) is 0 Å².